The van der Waals surface area contributed by atoms with Gasteiger partial charge in [-0.3, -0.25) is 9.89 Å². The van der Waals surface area contributed by atoms with E-state index in [0.717, 1.165) is 58.1 Å². The van der Waals surface area contributed by atoms with E-state index in [-0.39, 0.29) is 0 Å². The van der Waals surface area contributed by atoms with Crippen LogP contribution in [0.3, 0.4) is 0 Å². The van der Waals surface area contributed by atoms with Gasteiger partial charge in [0, 0.05) is 45.1 Å². The molecule has 0 spiro atoms. The SMILES string of the molecule is C=N/C=C\c1ccccc1CNCCCN1CCN(c2ccccn2)CC1. The monoisotopic (exact) mass is 363 g/mol. The molecule has 27 heavy (non-hydrogen) atoms. The van der Waals surface area contributed by atoms with Crippen LogP contribution in [-0.2, 0) is 6.54 Å². The van der Waals surface area contributed by atoms with E-state index in [4.69, 9.17) is 0 Å². The molecule has 5 heteroatoms. The predicted octanol–water partition coefficient (Wildman–Crippen LogP) is 3.05. The van der Waals surface area contributed by atoms with Gasteiger partial charge in [0.15, 0.2) is 0 Å². The van der Waals surface area contributed by atoms with E-state index in [9.17, 15) is 0 Å². The maximum absolute atomic E-state index is 4.45. The third-order valence-corrected chi connectivity index (χ3v) is 4.90. The zero-order valence-corrected chi connectivity index (χ0v) is 15.9. The molecule has 2 heterocycles. The van der Waals surface area contributed by atoms with Crippen LogP contribution in [0.15, 0.2) is 59.9 Å². The van der Waals surface area contributed by atoms with Gasteiger partial charge in [0.25, 0.3) is 0 Å². The first kappa shape index (κ1) is 19.3. The lowest BCUT2D eigenvalue weighted by Crippen LogP contribution is -2.47. The fourth-order valence-corrected chi connectivity index (χ4v) is 3.38. The minimum Gasteiger partial charge on any atom is -0.354 e. The summed E-state index contributed by atoms with van der Waals surface area (Å²) in [6, 6.07) is 14.5. The van der Waals surface area contributed by atoms with Crippen molar-refractivity contribution < 1.29 is 0 Å². The average molecular weight is 364 g/mol. The molecule has 1 aliphatic rings. The van der Waals surface area contributed by atoms with Crippen LogP contribution in [0.1, 0.15) is 17.5 Å². The molecule has 5 nitrogen and oxygen atoms in total. The Kier molecular flexibility index (Phi) is 7.56. The number of nitrogens with zero attached hydrogens (tertiary/aromatic N) is 4. The summed E-state index contributed by atoms with van der Waals surface area (Å²) in [6.45, 7) is 10.9. The summed E-state index contributed by atoms with van der Waals surface area (Å²) in [4.78, 5) is 13.2. The van der Waals surface area contributed by atoms with Crippen molar-refractivity contribution in [3.8, 4) is 0 Å². The van der Waals surface area contributed by atoms with E-state index in [2.05, 4.69) is 68.2 Å². The molecule has 2 aromatic rings. The highest BCUT2D eigenvalue weighted by molar-refractivity contribution is 5.54. The second-order valence-corrected chi connectivity index (χ2v) is 6.74. The van der Waals surface area contributed by atoms with Gasteiger partial charge < -0.3 is 10.2 Å². The van der Waals surface area contributed by atoms with E-state index in [1.165, 1.54) is 11.1 Å². The number of piperazine rings is 1. The molecule has 3 rings (SSSR count). The summed E-state index contributed by atoms with van der Waals surface area (Å²) in [5, 5.41) is 3.57. The van der Waals surface area contributed by atoms with Crippen LogP contribution in [-0.4, -0.2) is 55.9 Å². The summed E-state index contributed by atoms with van der Waals surface area (Å²) in [5.74, 6) is 1.10. The van der Waals surface area contributed by atoms with Crippen LogP contribution in [0.5, 0.6) is 0 Å². The Morgan fingerprint density at radius 2 is 1.89 bits per heavy atom. The highest BCUT2D eigenvalue weighted by Crippen LogP contribution is 2.13. The molecule has 1 fully saturated rings. The fourth-order valence-electron chi connectivity index (χ4n) is 3.38. The molecule has 0 bridgehead atoms. The first-order valence-electron chi connectivity index (χ1n) is 9.66. The number of aromatic nitrogens is 1. The molecular weight excluding hydrogens is 334 g/mol. The number of aliphatic imine (C=N–C) groups is 1. The maximum Gasteiger partial charge on any atom is 0.128 e. The molecule has 1 aromatic heterocycles. The number of anilines is 1. The summed E-state index contributed by atoms with van der Waals surface area (Å²) < 4.78 is 0. The molecule has 1 aliphatic heterocycles. The largest absolute Gasteiger partial charge is 0.354 e. The Morgan fingerprint density at radius 1 is 1.07 bits per heavy atom. The summed E-state index contributed by atoms with van der Waals surface area (Å²) >= 11 is 0. The number of rotatable bonds is 9. The molecule has 1 N–H and O–H groups in total. The Hall–Kier alpha value is -2.50. The van der Waals surface area contributed by atoms with Crippen molar-refractivity contribution in [2.24, 2.45) is 4.99 Å². The molecular formula is C22H29N5. The van der Waals surface area contributed by atoms with Crippen molar-refractivity contribution in [3.05, 3.63) is 66.0 Å². The molecule has 0 unspecified atom stereocenters. The Labute approximate surface area is 162 Å². The lowest BCUT2D eigenvalue weighted by molar-refractivity contribution is 0.253. The van der Waals surface area contributed by atoms with Crippen molar-refractivity contribution in [2.45, 2.75) is 13.0 Å². The van der Waals surface area contributed by atoms with Gasteiger partial charge in [0.05, 0.1) is 0 Å². The number of pyridine rings is 1. The molecule has 1 aromatic carbocycles. The Balaban J connectivity index is 1.34. The minimum absolute atomic E-state index is 0.880. The molecule has 0 amide bonds. The van der Waals surface area contributed by atoms with E-state index in [0.29, 0.717) is 0 Å². The van der Waals surface area contributed by atoms with E-state index in [1.54, 1.807) is 6.20 Å². The van der Waals surface area contributed by atoms with E-state index < -0.39 is 0 Å². The third-order valence-electron chi connectivity index (χ3n) is 4.90. The van der Waals surface area contributed by atoms with Crippen molar-refractivity contribution in [1.29, 1.82) is 0 Å². The standard InChI is InChI=1S/C22H29N5/c1-23-13-10-20-7-2-3-8-21(20)19-24-11-6-14-26-15-17-27(18-16-26)22-9-4-5-12-25-22/h2-5,7-10,12-13,24H,1,6,11,14-19H2/b13-10-. The second-order valence-electron chi connectivity index (χ2n) is 6.74. The van der Waals surface area contributed by atoms with Crippen LogP contribution in [0.4, 0.5) is 5.82 Å². The van der Waals surface area contributed by atoms with Gasteiger partial charge in [-0.05, 0) is 55.6 Å². The molecule has 0 atom stereocenters. The Bertz CT molecular complexity index is 720. The van der Waals surface area contributed by atoms with Gasteiger partial charge in [0.2, 0.25) is 0 Å². The summed E-state index contributed by atoms with van der Waals surface area (Å²) in [5.41, 5.74) is 2.49. The van der Waals surface area contributed by atoms with Gasteiger partial charge in [-0.25, -0.2) is 4.98 Å². The van der Waals surface area contributed by atoms with Gasteiger partial charge >= 0.3 is 0 Å². The first-order chi connectivity index (χ1) is 13.4. The third kappa shape index (κ3) is 6.01. The molecule has 0 aliphatic carbocycles. The van der Waals surface area contributed by atoms with Crippen molar-refractivity contribution >= 4 is 18.6 Å². The number of hydrogen-bond donors (Lipinski definition) is 1. The fraction of sp³-hybridized carbons (Fsp3) is 0.364. The minimum atomic E-state index is 0.880. The highest BCUT2D eigenvalue weighted by atomic mass is 15.3. The van der Waals surface area contributed by atoms with Crippen LogP contribution < -0.4 is 10.2 Å². The van der Waals surface area contributed by atoms with Gasteiger partial charge in [-0.15, -0.1) is 0 Å². The number of benzene rings is 1. The van der Waals surface area contributed by atoms with Crippen molar-refractivity contribution in [2.75, 3.05) is 44.2 Å². The van der Waals surface area contributed by atoms with Gasteiger partial charge in [-0.2, -0.15) is 0 Å². The molecule has 142 valence electrons. The van der Waals surface area contributed by atoms with Crippen LogP contribution in [0.25, 0.3) is 6.08 Å². The lowest BCUT2D eigenvalue weighted by atomic mass is 10.1. The molecule has 1 saturated heterocycles. The number of nitrogens with one attached hydrogen (secondary N) is 1. The smallest absolute Gasteiger partial charge is 0.128 e. The van der Waals surface area contributed by atoms with Crippen LogP contribution >= 0.6 is 0 Å². The van der Waals surface area contributed by atoms with E-state index in [1.807, 2.05) is 18.3 Å². The average Bonchev–Trinajstić information content (AvgIpc) is 2.74. The second kappa shape index (κ2) is 10.6. The molecule has 0 radical (unpaired) electrons. The number of hydrogen-bond acceptors (Lipinski definition) is 5. The Morgan fingerprint density at radius 3 is 2.67 bits per heavy atom. The predicted molar refractivity (Wildman–Crippen MR) is 114 cm³/mol. The van der Waals surface area contributed by atoms with E-state index >= 15 is 0 Å². The highest BCUT2D eigenvalue weighted by Gasteiger charge is 2.17. The molecule has 0 saturated carbocycles. The zero-order valence-electron chi connectivity index (χ0n) is 15.9. The lowest BCUT2D eigenvalue weighted by Gasteiger charge is -2.35. The quantitative estimate of drug-likeness (QED) is 0.549. The zero-order chi connectivity index (χ0) is 18.7. The topological polar surface area (TPSA) is 43.8 Å². The van der Waals surface area contributed by atoms with Gasteiger partial charge in [-0.1, -0.05) is 30.3 Å². The van der Waals surface area contributed by atoms with Gasteiger partial charge in [0.1, 0.15) is 5.82 Å². The van der Waals surface area contributed by atoms with Crippen molar-refractivity contribution in [3.63, 3.8) is 0 Å². The maximum atomic E-state index is 4.45. The van der Waals surface area contributed by atoms with Crippen molar-refractivity contribution in [1.82, 2.24) is 15.2 Å². The normalized spacial score (nSPS) is 15.3. The van der Waals surface area contributed by atoms with Crippen LogP contribution in [0, 0.1) is 0 Å². The summed E-state index contributed by atoms with van der Waals surface area (Å²) in [7, 11) is 0. The van der Waals surface area contributed by atoms with Crippen LogP contribution in [0.2, 0.25) is 0 Å². The summed E-state index contributed by atoms with van der Waals surface area (Å²) in [6.07, 6.45) is 6.78. The first-order valence-corrected chi connectivity index (χ1v) is 9.66.